The van der Waals surface area contributed by atoms with Gasteiger partial charge in [-0.25, -0.2) is 0 Å². The van der Waals surface area contributed by atoms with Crippen molar-refractivity contribution in [1.82, 2.24) is 4.90 Å². The van der Waals surface area contributed by atoms with Crippen LogP contribution in [0, 0.1) is 5.92 Å². The fraction of sp³-hybridized carbons (Fsp3) is 0.467. The van der Waals surface area contributed by atoms with Gasteiger partial charge in [0.15, 0.2) is 0 Å². The van der Waals surface area contributed by atoms with Gasteiger partial charge in [-0.3, -0.25) is 9.59 Å². The number of ether oxygens (including phenoxy) is 1. The second kappa shape index (κ2) is 6.91. The summed E-state index contributed by atoms with van der Waals surface area (Å²) in [6.45, 7) is 0.309. The highest BCUT2D eigenvalue weighted by atomic mass is 35.5. The van der Waals surface area contributed by atoms with Crippen LogP contribution < -0.4 is 0 Å². The molecule has 1 fully saturated rings. The van der Waals surface area contributed by atoms with Crippen LogP contribution in [0.15, 0.2) is 24.3 Å². The Morgan fingerprint density at radius 2 is 2.14 bits per heavy atom. The van der Waals surface area contributed by atoms with Gasteiger partial charge in [0.2, 0.25) is 5.91 Å². The Morgan fingerprint density at radius 1 is 1.43 bits per heavy atom. The number of carbonyl (C=O) groups excluding carboxylic acids is 1. The Kier molecular flexibility index (Phi) is 5.20. The third-order valence-electron chi connectivity index (χ3n) is 3.62. The van der Waals surface area contributed by atoms with Gasteiger partial charge in [-0.2, -0.15) is 0 Å². The van der Waals surface area contributed by atoms with Crippen LogP contribution in [0.1, 0.15) is 17.9 Å². The molecule has 2 atom stereocenters. The fourth-order valence-corrected chi connectivity index (χ4v) is 2.73. The highest BCUT2D eigenvalue weighted by Crippen LogP contribution is 2.50. The van der Waals surface area contributed by atoms with E-state index < -0.39 is 5.97 Å². The highest BCUT2D eigenvalue weighted by Gasteiger charge is 2.46. The van der Waals surface area contributed by atoms with E-state index in [1.54, 1.807) is 6.07 Å². The molecule has 2 rings (SSSR count). The maximum Gasteiger partial charge on any atom is 0.323 e. The van der Waals surface area contributed by atoms with Gasteiger partial charge in [-0.15, -0.1) is 0 Å². The number of hydrogen-bond donors (Lipinski definition) is 1. The van der Waals surface area contributed by atoms with Gasteiger partial charge < -0.3 is 14.7 Å². The van der Waals surface area contributed by atoms with Gasteiger partial charge in [0.1, 0.15) is 6.54 Å². The van der Waals surface area contributed by atoms with Gasteiger partial charge in [0.25, 0.3) is 0 Å². The molecule has 1 aromatic carbocycles. The molecule has 5 nitrogen and oxygen atoms in total. The Balaban J connectivity index is 2.02. The zero-order chi connectivity index (χ0) is 15.4. The summed E-state index contributed by atoms with van der Waals surface area (Å²) in [4.78, 5) is 24.6. The second-order valence-corrected chi connectivity index (χ2v) is 5.52. The SMILES string of the molecule is COCCN(CC(=O)O)C(=O)[C@H]1C[C@H]1c1ccccc1Cl. The molecule has 0 bridgehead atoms. The van der Waals surface area contributed by atoms with Crippen molar-refractivity contribution in [3.05, 3.63) is 34.9 Å². The third kappa shape index (κ3) is 3.95. The number of methoxy groups -OCH3 is 1. The van der Waals surface area contributed by atoms with E-state index in [4.69, 9.17) is 21.4 Å². The lowest BCUT2D eigenvalue weighted by Gasteiger charge is -2.20. The number of benzene rings is 1. The summed E-state index contributed by atoms with van der Waals surface area (Å²) in [5.41, 5.74) is 0.958. The first-order valence-corrected chi connectivity index (χ1v) is 7.16. The lowest BCUT2D eigenvalue weighted by molar-refractivity contribution is -0.145. The van der Waals surface area contributed by atoms with Gasteiger partial charge in [0, 0.05) is 24.6 Å². The van der Waals surface area contributed by atoms with E-state index in [1.807, 2.05) is 18.2 Å². The minimum Gasteiger partial charge on any atom is -0.480 e. The van der Waals surface area contributed by atoms with E-state index in [-0.39, 0.29) is 30.8 Å². The number of carbonyl (C=O) groups is 2. The van der Waals surface area contributed by atoms with E-state index >= 15 is 0 Å². The summed E-state index contributed by atoms with van der Waals surface area (Å²) < 4.78 is 4.93. The maximum absolute atomic E-state index is 12.4. The Hall–Kier alpha value is -1.59. The topological polar surface area (TPSA) is 66.8 Å². The van der Waals surface area contributed by atoms with Crippen molar-refractivity contribution in [2.45, 2.75) is 12.3 Å². The zero-order valence-corrected chi connectivity index (χ0v) is 12.5. The number of carboxylic acid groups (broad SMARTS) is 1. The highest BCUT2D eigenvalue weighted by molar-refractivity contribution is 6.31. The number of nitrogens with zero attached hydrogens (tertiary/aromatic N) is 1. The Labute approximate surface area is 128 Å². The molecular formula is C15H18ClNO4. The maximum atomic E-state index is 12.4. The van der Waals surface area contributed by atoms with E-state index in [2.05, 4.69) is 0 Å². The molecule has 0 spiro atoms. The van der Waals surface area contributed by atoms with Crippen molar-refractivity contribution in [3.8, 4) is 0 Å². The summed E-state index contributed by atoms with van der Waals surface area (Å²) in [6.07, 6.45) is 0.714. The summed E-state index contributed by atoms with van der Waals surface area (Å²) in [7, 11) is 1.52. The van der Waals surface area contributed by atoms with Crippen molar-refractivity contribution in [3.63, 3.8) is 0 Å². The molecule has 0 radical (unpaired) electrons. The van der Waals surface area contributed by atoms with Crippen molar-refractivity contribution in [1.29, 1.82) is 0 Å². The molecule has 6 heteroatoms. The molecule has 1 aliphatic rings. The second-order valence-electron chi connectivity index (χ2n) is 5.12. The summed E-state index contributed by atoms with van der Waals surface area (Å²) in [5, 5.41) is 9.56. The lowest BCUT2D eigenvalue weighted by atomic mass is 10.1. The first kappa shape index (κ1) is 15.8. The van der Waals surface area contributed by atoms with Crippen LogP contribution in [0.4, 0.5) is 0 Å². The molecule has 114 valence electrons. The number of amides is 1. The summed E-state index contributed by atoms with van der Waals surface area (Å²) in [5.74, 6) is -1.25. The van der Waals surface area contributed by atoms with Gasteiger partial charge >= 0.3 is 5.97 Å². The largest absolute Gasteiger partial charge is 0.480 e. The number of rotatable bonds is 7. The molecule has 1 saturated carbocycles. The number of carboxylic acids is 1. The molecule has 0 unspecified atom stereocenters. The van der Waals surface area contributed by atoms with Gasteiger partial charge in [-0.1, -0.05) is 29.8 Å². The molecule has 21 heavy (non-hydrogen) atoms. The predicted molar refractivity (Wildman–Crippen MR) is 78.4 cm³/mol. The van der Waals surface area contributed by atoms with Crippen molar-refractivity contribution in [2.24, 2.45) is 5.92 Å². The monoisotopic (exact) mass is 311 g/mol. The minimum atomic E-state index is -1.02. The first-order chi connectivity index (χ1) is 10.0. The van der Waals surface area contributed by atoms with Crippen LogP contribution in [-0.4, -0.2) is 48.7 Å². The van der Waals surface area contributed by atoms with Crippen LogP contribution in [-0.2, 0) is 14.3 Å². The van der Waals surface area contributed by atoms with E-state index in [1.165, 1.54) is 12.0 Å². The molecule has 0 aliphatic heterocycles. The minimum absolute atomic E-state index is 0.0880. The number of hydrogen-bond acceptors (Lipinski definition) is 3. The normalized spacial score (nSPS) is 20.1. The molecule has 0 heterocycles. The van der Waals surface area contributed by atoms with Crippen LogP contribution >= 0.6 is 11.6 Å². The van der Waals surface area contributed by atoms with Crippen LogP contribution in [0.2, 0.25) is 5.02 Å². The molecule has 1 aromatic rings. The van der Waals surface area contributed by atoms with Crippen molar-refractivity contribution in [2.75, 3.05) is 26.8 Å². The lowest BCUT2D eigenvalue weighted by Crippen LogP contribution is -2.39. The van der Waals surface area contributed by atoms with Crippen molar-refractivity contribution < 1.29 is 19.4 Å². The third-order valence-corrected chi connectivity index (χ3v) is 3.96. The standard InChI is InChI=1S/C15H18ClNO4/c1-21-7-6-17(9-14(18)19)15(20)12-8-11(12)10-4-2-3-5-13(10)16/h2-5,11-12H,6-9H2,1H3,(H,18,19)/t11-,12-/m0/s1. The number of aliphatic carboxylic acids is 1. The van der Waals surface area contributed by atoms with E-state index in [0.717, 1.165) is 5.56 Å². The van der Waals surface area contributed by atoms with Gasteiger partial charge in [0.05, 0.1) is 6.61 Å². The summed E-state index contributed by atoms with van der Waals surface area (Å²) >= 11 is 6.14. The van der Waals surface area contributed by atoms with Crippen LogP contribution in [0.25, 0.3) is 0 Å². The average molecular weight is 312 g/mol. The van der Waals surface area contributed by atoms with Crippen LogP contribution in [0.3, 0.4) is 0 Å². The van der Waals surface area contributed by atoms with E-state index in [0.29, 0.717) is 18.1 Å². The molecule has 1 N–H and O–H groups in total. The Bertz CT molecular complexity index is 534. The first-order valence-electron chi connectivity index (χ1n) is 6.78. The van der Waals surface area contributed by atoms with Crippen LogP contribution in [0.5, 0.6) is 0 Å². The zero-order valence-electron chi connectivity index (χ0n) is 11.8. The molecule has 0 aromatic heterocycles. The van der Waals surface area contributed by atoms with E-state index in [9.17, 15) is 9.59 Å². The van der Waals surface area contributed by atoms with Gasteiger partial charge in [-0.05, 0) is 24.0 Å². The number of halogens is 1. The molecular weight excluding hydrogens is 294 g/mol. The fourth-order valence-electron chi connectivity index (χ4n) is 2.45. The molecule has 1 amide bonds. The Morgan fingerprint density at radius 3 is 2.76 bits per heavy atom. The smallest absolute Gasteiger partial charge is 0.323 e. The van der Waals surface area contributed by atoms with Crippen molar-refractivity contribution >= 4 is 23.5 Å². The average Bonchev–Trinajstić information content (AvgIpc) is 3.23. The summed E-state index contributed by atoms with van der Waals surface area (Å²) in [6, 6.07) is 7.45. The molecule has 0 saturated heterocycles. The quantitative estimate of drug-likeness (QED) is 0.836. The predicted octanol–water partition coefficient (Wildman–Crippen LogP) is 2.00. The molecule has 1 aliphatic carbocycles.